The van der Waals surface area contributed by atoms with Crippen molar-refractivity contribution in [2.45, 2.75) is 31.7 Å². The van der Waals surface area contributed by atoms with Crippen LogP contribution < -0.4 is 5.32 Å². The van der Waals surface area contributed by atoms with Crippen LogP contribution >= 0.6 is 0 Å². The van der Waals surface area contributed by atoms with Crippen molar-refractivity contribution < 1.29 is 4.39 Å². The summed E-state index contributed by atoms with van der Waals surface area (Å²) in [5.41, 5.74) is 2.40. The van der Waals surface area contributed by atoms with Gasteiger partial charge in [-0.15, -0.1) is 0 Å². The van der Waals surface area contributed by atoms with Crippen molar-refractivity contribution in [2.75, 3.05) is 6.54 Å². The van der Waals surface area contributed by atoms with Crippen LogP contribution in [0.25, 0.3) is 0 Å². The van der Waals surface area contributed by atoms with E-state index in [1.807, 2.05) is 6.07 Å². The highest BCUT2D eigenvalue weighted by atomic mass is 19.1. The van der Waals surface area contributed by atoms with Gasteiger partial charge in [0.2, 0.25) is 0 Å². The molecule has 1 aromatic carbocycles. The molecule has 0 radical (unpaired) electrons. The first-order valence-electron chi connectivity index (χ1n) is 6.69. The van der Waals surface area contributed by atoms with E-state index in [1.165, 1.54) is 11.9 Å². The Kier molecular flexibility index (Phi) is 3.55. The lowest BCUT2D eigenvalue weighted by Crippen LogP contribution is -2.21. The molecule has 1 aromatic heterocycles. The van der Waals surface area contributed by atoms with Crippen molar-refractivity contribution in [1.29, 1.82) is 0 Å². The van der Waals surface area contributed by atoms with Gasteiger partial charge in [-0.1, -0.05) is 6.07 Å². The Morgan fingerprint density at radius 1 is 1.42 bits per heavy atom. The third kappa shape index (κ3) is 2.81. The van der Waals surface area contributed by atoms with Crippen molar-refractivity contribution in [3.63, 3.8) is 0 Å². The van der Waals surface area contributed by atoms with Crippen molar-refractivity contribution in [1.82, 2.24) is 20.5 Å². The minimum Gasteiger partial charge on any atom is -0.310 e. The van der Waals surface area contributed by atoms with Gasteiger partial charge >= 0.3 is 0 Å². The fourth-order valence-electron chi connectivity index (χ4n) is 2.68. The number of aromatic nitrogens is 3. The van der Waals surface area contributed by atoms with E-state index in [-0.39, 0.29) is 5.82 Å². The maximum Gasteiger partial charge on any atom is 0.137 e. The third-order valence-corrected chi connectivity index (χ3v) is 3.63. The number of fused-ring (bicyclic) bond motifs is 1. The maximum absolute atomic E-state index is 13.1. The number of benzene rings is 1. The second-order valence-corrected chi connectivity index (χ2v) is 4.92. The van der Waals surface area contributed by atoms with E-state index in [1.54, 1.807) is 12.1 Å². The summed E-state index contributed by atoms with van der Waals surface area (Å²) >= 11 is 0. The molecule has 1 heterocycles. The van der Waals surface area contributed by atoms with Gasteiger partial charge in [-0.05, 0) is 49.1 Å². The SMILES string of the molecule is Fc1ccc2c(c1)CCC2NCCCc1ncn[nH]1. The lowest BCUT2D eigenvalue weighted by atomic mass is 10.1. The van der Waals surface area contributed by atoms with E-state index in [4.69, 9.17) is 0 Å². The van der Waals surface area contributed by atoms with Crippen LogP contribution in [0.1, 0.15) is 35.8 Å². The number of nitrogens with zero attached hydrogens (tertiary/aromatic N) is 2. The molecule has 4 nitrogen and oxygen atoms in total. The summed E-state index contributed by atoms with van der Waals surface area (Å²) in [6.07, 6.45) is 5.47. The highest BCUT2D eigenvalue weighted by molar-refractivity contribution is 5.34. The Balaban J connectivity index is 1.50. The van der Waals surface area contributed by atoms with Crippen molar-refractivity contribution >= 4 is 0 Å². The van der Waals surface area contributed by atoms with Crippen LogP contribution in [-0.2, 0) is 12.8 Å². The highest BCUT2D eigenvalue weighted by Crippen LogP contribution is 2.31. The average Bonchev–Trinajstić information content (AvgIpc) is 3.03. The van der Waals surface area contributed by atoms with E-state index >= 15 is 0 Å². The molecule has 3 rings (SSSR count). The van der Waals surface area contributed by atoms with Crippen molar-refractivity contribution in [3.8, 4) is 0 Å². The van der Waals surface area contributed by atoms with Gasteiger partial charge in [-0.25, -0.2) is 9.37 Å². The number of aryl methyl sites for hydroxylation is 2. The van der Waals surface area contributed by atoms with Crippen LogP contribution in [0.3, 0.4) is 0 Å². The Labute approximate surface area is 111 Å². The molecule has 0 fully saturated rings. The molecule has 1 unspecified atom stereocenters. The van der Waals surface area contributed by atoms with Crippen LogP contribution in [0.4, 0.5) is 4.39 Å². The molecule has 1 atom stereocenters. The lowest BCUT2D eigenvalue weighted by molar-refractivity contribution is 0.518. The predicted molar refractivity (Wildman–Crippen MR) is 70.2 cm³/mol. The highest BCUT2D eigenvalue weighted by Gasteiger charge is 2.21. The topological polar surface area (TPSA) is 53.6 Å². The van der Waals surface area contributed by atoms with Crippen LogP contribution in [-0.4, -0.2) is 21.7 Å². The molecular weight excluding hydrogens is 243 g/mol. The van der Waals surface area contributed by atoms with E-state index < -0.39 is 0 Å². The summed E-state index contributed by atoms with van der Waals surface area (Å²) < 4.78 is 13.1. The Morgan fingerprint density at radius 2 is 2.37 bits per heavy atom. The first-order valence-corrected chi connectivity index (χ1v) is 6.69. The molecule has 1 aliphatic carbocycles. The summed E-state index contributed by atoms with van der Waals surface area (Å²) in [6.45, 7) is 0.933. The summed E-state index contributed by atoms with van der Waals surface area (Å²) in [7, 11) is 0. The smallest absolute Gasteiger partial charge is 0.137 e. The number of aromatic amines is 1. The van der Waals surface area contributed by atoms with E-state index in [0.29, 0.717) is 6.04 Å². The number of H-pyrrole nitrogens is 1. The number of hydrogen-bond acceptors (Lipinski definition) is 3. The molecule has 0 amide bonds. The second-order valence-electron chi connectivity index (χ2n) is 4.92. The van der Waals surface area contributed by atoms with E-state index in [2.05, 4.69) is 20.5 Å². The molecule has 1 aliphatic rings. The van der Waals surface area contributed by atoms with Gasteiger partial charge < -0.3 is 5.32 Å². The molecule has 0 spiro atoms. The zero-order chi connectivity index (χ0) is 13.1. The number of halogens is 1. The Hall–Kier alpha value is -1.75. The van der Waals surface area contributed by atoms with Gasteiger partial charge in [0.05, 0.1) is 0 Å². The molecule has 100 valence electrons. The van der Waals surface area contributed by atoms with Crippen LogP contribution in [0.15, 0.2) is 24.5 Å². The number of nitrogens with one attached hydrogen (secondary N) is 2. The van der Waals surface area contributed by atoms with Crippen LogP contribution in [0, 0.1) is 5.82 Å². The molecule has 2 aromatic rings. The van der Waals surface area contributed by atoms with Gasteiger partial charge in [0.15, 0.2) is 0 Å². The van der Waals surface area contributed by atoms with Gasteiger partial charge in [0.25, 0.3) is 0 Å². The minimum atomic E-state index is -0.135. The standard InChI is InChI=1S/C14H17FN4/c15-11-4-5-12-10(8-11)3-6-13(12)16-7-1-2-14-17-9-18-19-14/h4-5,8-9,13,16H,1-3,6-7H2,(H,17,18,19). The largest absolute Gasteiger partial charge is 0.310 e. The minimum absolute atomic E-state index is 0.135. The molecule has 19 heavy (non-hydrogen) atoms. The molecule has 0 saturated carbocycles. The Morgan fingerprint density at radius 3 is 3.21 bits per heavy atom. The quantitative estimate of drug-likeness (QED) is 0.810. The van der Waals surface area contributed by atoms with Crippen molar-refractivity contribution in [2.24, 2.45) is 0 Å². The third-order valence-electron chi connectivity index (χ3n) is 3.63. The summed E-state index contributed by atoms with van der Waals surface area (Å²) in [5, 5.41) is 10.2. The first-order chi connectivity index (χ1) is 9.33. The molecule has 0 aliphatic heterocycles. The van der Waals surface area contributed by atoms with Gasteiger partial charge in [0, 0.05) is 12.5 Å². The average molecular weight is 260 g/mol. The van der Waals surface area contributed by atoms with Gasteiger partial charge in [0.1, 0.15) is 18.0 Å². The molecule has 0 bridgehead atoms. The number of rotatable bonds is 5. The van der Waals surface area contributed by atoms with Crippen LogP contribution in [0.5, 0.6) is 0 Å². The van der Waals surface area contributed by atoms with Gasteiger partial charge in [-0.2, -0.15) is 5.10 Å². The monoisotopic (exact) mass is 260 g/mol. The molecular formula is C14H17FN4. The zero-order valence-corrected chi connectivity index (χ0v) is 10.7. The molecule has 5 heteroatoms. The molecule has 2 N–H and O–H groups in total. The van der Waals surface area contributed by atoms with Crippen molar-refractivity contribution in [3.05, 3.63) is 47.3 Å². The van der Waals surface area contributed by atoms with Crippen LogP contribution in [0.2, 0.25) is 0 Å². The fourth-order valence-corrected chi connectivity index (χ4v) is 2.68. The number of hydrogen-bond donors (Lipinski definition) is 2. The summed E-state index contributed by atoms with van der Waals surface area (Å²) in [4.78, 5) is 4.10. The first kappa shape index (κ1) is 12.3. The molecule has 0 saturated heterocycles. The summed E-state index contributed by atoms with van der Waals surface area (Å²) in [6, 6.07) is 5.48. The van der Waals surface area contributed by atoms with Gasteiger partial charge in [-0.3, -0.25) is 5.10 Å². The maximum atomic E-state index is 13.1. The summed E-state index contributed by atoms with van der Waals surface area (Å²) in [5.74, 6) is 0.792. The predicted octanol–water partition coefficient (Wildman–Crippen LogP) is 2.15. The Bertz CT molecular complexity index is 538. The zero-order valence-electron chi connectivity index (χ0n) is 10.7. The lowest BCUT2D eigenvalue weighted by Gasteiger charge is -2.13. The van der Waals surface area contributed by atoms with E-state index in [0.717, 1.165) is 43.6 Å². The second kappa shape index (κ2) is 5.48. The fraction of sp³-hybridized carbons (Fsp3) is 0.429. The normalized spacial score (nSPS) is 17.6. The van der Waals surface area contributed by atoms with E-state index in [9.17, 15) is 4.39 Å².